The lowest BCUT2D eigenvalue weighted by Gasteiger charge is -2.20. The SMILES string of the molecule is CC(C)c1nnc2ccc(-c3nc(C4CCNCC4)[nH]c3-c3ccc(F)cc3)cn12. The first-order valence-corrected chi connectivity index (χ1v) is 10.5. The zero-order valence-corrected chi connectivity index (χ0v) is 17.2. The van der Waals surface area contributed by atoms with E-state index in [1.54, 1.807) is 12.1 Å². The van der Waals surface area contributed by atoms with E-state index in [0.29, 0.717) is 5.92 Å². The Morgan fingerprint density at radius 1 is 1.00 bits per heavy atom. The highest BCUT2D eigenvalue weighted by molar-refractivity contribution is 5.78. The Kier molecular flexibility index (Phi) is 4.83. The van der Waals surface area contributed by atoms with E-state index in [9.17, 15) is 4.39 Å². The summed E-state index contributed by atoms with van der Waals surface area (Å²) in [6.45, 7) is 6.21. The predicted octanol–water partition coefficient (Wildman–Crippen LogP) is 4.52. The van der Waals surface area contributed by atoms with Crippen molar-refractivity contribution in [3.8, 4) is 22.5 Å². The standard InChI is InChI=1S/C23H25FN6/c1-14(2)23-29-28-19-8-5-17(13-30(19)23)21-20(15-3-6-18(24)7-4-15)26-22(27-21)16-9-11-25-12-10-16/h3-8,13-14,16,25H,9-12H2,1-2H3,(H,26,27). The number of rotatable bonds is 4. The number of aromatic amines is 1. The van der Waals surface area contributed by atoms with Gasteiger partial charge in [0.15, 0.2) is 5.65 Å². The molecule has 30 heavy (non-hydrogen) atoms. The van der Waals surface area contributed by atoms with Crippen molar-refractivity contribution >= 4 is 5.65 Å². The molecule has 0 spiro atoms. The molecular formula is C23H25FN6. The molecule has 6 nitrogen and oxygen atoms in total. The first kappa shape index (κ1) is 18.9. The second-order valence-corrected chi connectivity index (χ2v) is 8.24. The molecule has 1 aliphatic heterocycles. The lowest BCUT2D eigenvalue weighted by Crippen LogP contribution is -2.27. The smallest absolute Gasteiger partial charge is 0.160 e. The summed E-state index contributed by atoms with van der Waals surface area (Å²) in [5, 5.41) is 12.0. The fraction of sp³-hybridized carbons (Fsp3) is 0.348. The molecule has 2 N–H and O–H groups in total. The minimum Gasteiger partial charge on any atom is -0.341 e. The second-order valence-electron chi connectivity index (χ2n) is 8.24. The zero-order valence-electron chi connectivity index (χ0n) is 17.2. The molecule has 5 rings (SSSR count). The monoisotopic (exact) mass is 404 g/mol. The van der Waals surface area contributed by atoms with Crippen molar-refractivity contribution in [2.75, 3.05) is 13.1 Å². The van der Waals surface area contributed by atoms with Gasteiger partial charge in [0, 0.05) is 29.2 Å². The number of hydrogen-bond acceptors (Lipinski definition) is 4. The number of hydrogen-bond donors (Lipinski definition) is 2. The van der Waals surface area contributed by atoms with Gasteiger partial charge in [0.05, 0.1) is 11.4 Å². The van der Waals surface area contributed by atoms with Gasteiger partial charge in [0.2, 0.25) is 0 Å². The van der Waals surface area contributed by atoms with Gasteiger partial charge < -0.3 is 10.3 Å². The second kappa shape index (κ2) is 7.65. The summed E-state index contributed by atoms with van der Waals surface area (Å²) in [7, 11) is 0. The number of H-pyrrole nitrogens is 1. The molecule has 7 heteroatoms. The maximum Gasteiger partial charge on any atom is 0.160 e. The fourth-order valence-corrected chi connectivity index (χ4v) is 4.16. The first-order chi connectivity index (χ1) is 14.6. The molecule has 4 heterocycles. The van der Waals surface area contributed by atoms with Gasteiger partial charge in [-0.15, -0.1) is 10.2 Å². The summed E-state index contributed by atoms with van der Waals surface area (Å²) in [5.74, 6) is 2.33. The van der Waals surface area contributed by atoms with Crippen LogP contribution in [0, 0.1) is 5.82 Å². The lowest BCUT2D eigenvalue weighted by molar-refractivity contribution is 0.447. The predicted molar refractivity (Wildman–Crippen MR) is 115 cm³/mol. The van der Waals surface area contributed by atoms with Crippen LogP contribution >= 0.6 is 0 Å². The molecule has 0 saturated carbocycles. The number of imidazole rings is 1. The molecule has 0 amide bonds. The van der Waals surface area contributed by atoms with Crippen LogP contribution in [0.2, 0.25) is 0 Å². The number of nitrogens with zero attached hydrogens (tertiary/aromatic N) is 4. The number of piperidine rings is 1. The molecule has 0 unspecified atom stereocenters. The summed E-state index contributed by atoms with van der Waals surface area (Å²) in [4.78, 5) is 8.60. The van der Waals surface area contributed by atoms with Gasteiger partial charge in [-0.3, -0.25) is 4.40 Å². The third-order valence-electron chi connectivity index (χ3n) is 5.80. The van der Waals surface area contributed by atoms with Crippen molar-refractivity contribution in [1.29, 1.82) is 0 Å². The largest absolute Gasteiger partial charge is 0.341 e. The van der Waals surface area contributed by atoms with E-state index >= 15 is 0 Å². The van der Waals surface area contributed by atoms with Gasteiger partial charge >= 0.3 is 0 Å². The van der Waals surface area contributed by atoms with E-state index in [-0.39, 0.29) is 11.7 Å². The maximum atomic E-state index is 13.5. The molecule has 0 bridgehead atoms. The van der Waals surface area contributed by atoms with Gasteiger partial charge in [-0.25, -0.2) is 9.37 Å². The van der Waals surface area contributed by atoms with Crippen LogP contribution in [0.1, 0.15) is 50.2 Å². The Balaban J connectivity index is 1.65. The minimum atomic E-state index is -0.245. The van der Waals surface area contributed by atoms with Gasteiger partial charge in [0.25, 0.3) is 0 Å². The average Bonchev–Trinajstić information content (AvgIpc) is 3.39. The van der Waals surface area contributed by atoms with Crippen LogP contribution in [0.25, 0.3) is 28.2 Å². The molecule has 3 aromatic heterocycles. The molecule has 1 aromatic carbocycles. The van der Waals surface area contributed by atoms with Gasteiger partial charge in [-0.05, 0) is 62.3 Å². The molecular weight excluding hydrogens is 379 g/mol. The van der Waals surface area contributed by atoms with Crippen LogP contribution < -0.4 is 5.32 Å². The maximum absolute atomic E-state index is 13.5. The van der Waals surface area contributed by atoms with Crippen molar-refractivity contribution in [2.45, 2.75) is 38.5 Å². The van der Waals surface area contributed by atoms with E-state index < -0.39 is 0 Å². The molecule has 154 valence electrons. The summed E-state index contributed by atoms with van der Waals surface area (Å²) in [6, 6.07) is 10.6. The van der Waals surface area contributed by atoms with Crippen molar-refractivity contribution in [3.05, 3.63) is 60.1 Å². The molecule has 1 saturated heterocycles. The quantitative estimate of drug-likeness (QED) is 0.525. The number of nitrogens with one attached hydrogen (secondary N) is 2. The van der Waals surface area contributed by atoms with Crippen LogP contribution in [0.15, 0.2) is 42.6 Å². The topological polar surface area (TPSA) is 70.9 Å². The molecule has 0 aliphatic carbocycles. The van der Waals surface area contributed by atoms with Gasteiger partial charge in [0.1, 0.15) is 17.5 Å². The average molecular weight is 404 g/mol. The van der Waals surface area contributed by atoms with E-state index in [1.807, 2.05) is 16.5 Å². The molecule has 1 aliphatic rings. The van der Waals surface area contributed by atoms with Crippen molar-refractivity contribution in [2.24, 2.45) is 0 Å². The van der Waals surface area contributed by atoms with E-state index in [4.69, 9.17) is 4.98 Å². The van der Waals surface area contributed by atoms with Crippen molar-refractivity contribution in [1.82, 2.24) is 29.9 Å². The Morgan fingerprint density at radius 2 is 1.73 bits per heavy atom. The molecule has 0 atom stereocenters. The summed E-state index contributed by atoms with van der Waals surface area (Å²) in [5.41, 5.74) is 4.52. The van der Waals surface area contributed by atoms with Crippen LogP contribution in [0.4, 0.5) is 4.39 Å². The number of pyridine rings is 1. The third kappa shape index (κ3) is 3.39. The first-order valence-electron chi connectivity index (χ1n) is 10.5. The highest BCUT2D eigenvalue weighted by Crippen LogP contribution is 2.34. The van der Waals surface area contributed by atoms with Crippen LogP contribution in [0.3, 0.4) is 0 Å². The summed E-state index contributed by atoms with van der Waals surface area (Å²) in [6.07, 6.45) is 4.16. The van der Waals surface area contributed by atoms with Gasteiger partial charge in [-0.2, -0.15) is 0 Å². The third-order valence-corrected chi connectivity index (χ3v) is 5.80. The zero-order chi connectivity index (χ0) is 20.7. The van der Waals surface area contributed by atoms with Crippen LogP contribution in [-0.2, 0) is 0 Å². The highest BCUT2D eigenvalue weighted by atomic mass is 19.1. The lowest BCUT2D eigenvalue weighted by atomic mass is 9.98. The minimum absolute atomic E-state index is 0.245. The molecule has 4 aromatic rings. The number of fused-ring (bicyclic) bond motifs is 1. The van der Waals surface area contributed by atoms with Crippen LogP contribution in [0.5, 0.6) is 0 Å². The number of aromatic nitrogens is 5. The summed E-state index contributed by atoms with van der Waals surface area (Å²) < 4.78 is 15.6. The van der Waals surface area contributed by atoms with Crippen molar-refractivity contribution < 1.29 is 4.39 Å². The molecule has 0 radical (unpaired) electrons. The number of halogens is 1. The Morgan fingerprint density at radius 3 is 2.47 bits per heavy atom. The van der Waals surface area contributed by atoms with Crippen LogP contribution in [-0.4, -0.2) is 37.7 Å². The fourth-order valence-electron chi connectivity index (χ4n) is 4.16. The van der Waals surface area contributed by atoms with Gasteiger partial charge in [-0.1, -0.05) is 13.8 Å². The highest BCUT2D eigenvalue weighted by Gasteiger charge is 2.23. The Hall–Kier alpha value is -3.06. The Labute approximate surface area is 174 Å². The normalized spacial score (nSPS) is 15.3. The van der Waals surface area contributed by atoms with E-state index in [1.165, 1.54) is 12.1 Å². The van der Waals surface area contributed by atoms with E-state index in [0.717, 1.165) is 65.7 Å². The molecule has 1 fully saturated rings. The summed E-state index contributed by atoms with van der Waals surface area (Å²) >= 11 is 0. The number of benzene rings is 1. The Bertz CT molecular complexity index is 1170. The van der Waals surface area contributed by atoms with Crippen molar-refractivity contribution in [3.63, 3.8) is 0 Å². The van der Waals surface area contributed by atoms with E-state index in [2.05, 4.69) is 40.5 Å².